The molecule has 34 heavy (non-hydrogen) atoms. The second kappa shape index (κ2) is 10.1. The minimum Gasteiger partial charge on any atom is -0.370 e. The van der Waals surface area contributed by atoms with Gasteiger partial charge in [-0.15, -0.1) is 0 Å². The van der Waals surface area contributed by atoms with Crippen LogP contribution in [0.1, 0.15) is 16.7 Å². The molecule has 0 bridgehead atoms. The molecule has 1 aromatic carbocycles. The minimum absolute atomic E-state index is 0.0719. The normalized spacial score (nSPS) is 17.3. The van der Waals surface area contributed by atoms with Gasteiger partial charge in [-0.2, -0.15) is 5.10 Å². The maximum atomic E-state index is 13.3. The molecule has 9 heteroatoms. The van der Waals surface area contributed by atoms with Crippen molar-refractivity contribution in [1.29, 1.82) is 0 Å². The van der Waals surface area contributed by atoms with Crippen molar-refractivity contribution in [3.63, 3.8) is 0 Å². The first-order valence-corrected chi connectivity index (χ1v) is 11.3. The van der Waals surface area contributed by atoms with Crippen molar-refractivity contribution in [2.75, 3.05) is 19.6 Å². The molecule has 0 saturated carbocycles. The molecular formula is C25H27N7O2. The average molecular weight is 458 g/mol. The lowest BCUT2D eigenvalue weighted by molar-refractivity contribution is -0.132. The zero-order valence-corrected chi connectivity index (χ0v) is 19.1. The van der Waals surface area contributed by atoms with Crippen LogP contribution in [0.2, 0.25) is 0 Å². The fraction of sp³-hybridized carbons (Fsp3) is 0.320. The van der Waals surface area contributed by atoms with E-state index < -0.39 is 0 Å². The number of amides is 1. The molecule has 1 saturated heterocycles. The van der Waals surface area contributed by atoms with E-state index in [1.54, 1.807) is 29.5 Å². The number of carbonyl (C=O) groups excluding carboxylic acids is 1. The summed E-state index contributed by atoms with van der Waals surface area (Å²) in [6, 6.07) is 9.88. The first-order chi connectivity index (χ1) is 16.6. The van der Waals surface area contributed by atoms with E-state index in [0.29, 0.717) is 39.3 Å². The predicted octanol–water partition coefficient (Wildman–Crippen LogP) is 2.19. The van der Waals surface area contributed by atoms with Crippen LogP contribution in [0.15, 0.2) is 67.5 Å². The number of hydrogen-bond acceptors (Lipinski definition) is 7. The van der Waals surface area contributed by atoms with Crippen LogP contribution in [0.4, 0.5) is 0 Å². The molecule has 1 fully saturated rings. The lowest BCUT2D eigenvalue weighted by Crippen LogP contribution is -2.37. The average Bonchev–Trinajstić information content (AvgIpc) is 3.20. The van der Waals surface area contributed by atoms with Gasteiger partial charge in [0.25, 0.3) is 0 Å². The smallest absolute Gasteiger partial charge is 0.237 e. The Hall–Kier alpha value is -3.69. The van der Waals surface area contributed by atoms with Gasteiger partial charge in [-0.3, -0.25) is 29.3 Å². The SMILES string of the molecule is Cn1cc(CN2C[C@H](OCc3cccnc3)CN(Cc3cccc4nccnc34)CC2=O)cn1. The fourth-order valence-corrected chi connectivity index (χ4v) is 4.32. The van der Waals surface area contributed by atoms with Crippen molar-refractivity contribution < 1.29 is 9.53 Å². The summed E-state index contributed by atoms with van der Waals surface area (Å²) >= 11 is 0. The van der Waals surface area contributed by atoms with Crippen LogP contribution >= 0.6 is 0 Å². The third-order valence-electron chi connectivity index (χ3n) is 5.91. The Bertz CT molecular complexity index is 1260. The number of rotatable bonds is 7. The summed E-state index contributed by atoms with van der Waals surface area (Å²) in [6.07, 6.45) is 10.5. The van der Waals surface area contributed by atoms with Crippen molar-refractivity contribution in [3.8, 4) is 0 Å². The van der Waals surface area contributed by atoms with Crippen molar-refractivity contribution >= 4 is 16.9 Å². The topological polar surface area (TPSA) is 89.3 Å². The van der Waals surface area contributed by atoms with E-state index in [-0.39, 0.29) is 12.0 Å². The van der Waals surface area contributed by atoms with Crippen LogP contribution in [0.5, 0.6) is 0 Å². The maximum Gasteiger partial charge on any atom is 0.237 e. The Labute approximate surface area is 198 Å². The molecule has 9 nitrogen and oxygen atoms in total. The van der Waals surface area contributed by atoms with E-state index in [0.717, 1.165) is 27.7 Å². The van der Waals surface area contributed by atoms with Crippen molar-refractivity contribution in [3.05, 3.63) is 84.2 Å². The molecule has 1 aliphatic rings. The molecule has 5 rings (SSSR count). The van der Waals surface area contributed by atoms with E-state index in [1.165, 1.54) is 0 Å². The Morgan fingerprint density at radius 1 is 1.00 bits per heavy atom. The molecule has 4 aromatic rings. The van der Waals surface area contributed by atoms with Crippen LogP contribution in [-0.4, -0.2) is 66.2 Å². The molecule has 174 valence electrons. The number of aryl methyl sites for hydroxylation is 1. The monoisotopic (exact) mass is 457 g/mol. The fourth-order valence-electron chi connectivity index (χ4n) is 4.32. The summed E-state index contributed by atoms with van der Waals surface area (Å²) in [5.41, 5.74) is 4.77. The molecule has 0 radical (unpaired) electrons. The van der Waals surface area contributed by atoms with Crippen molar-refractivity contribution in [2.45, 2.75) is 25.8 Å². The highest BCUT2D eigenvalue weighted by Crippen LogP contribution is 2.19. The summed E-state index contributed by atoms with van der Waals surface area (Å²) in [5, 5.41) is 4.24. The largest absolute Gasteiger partial charge is 0.370 e. The number of para-hydroxylation sites is 1. The van der Waals surface area contributed by atoms with E-state index in [1.807, 2.05) is 54.7 Å². The van der Waals surface area contributed by atoms with Crippen LogP contribution in [0.25, 0.3) is 11.0 Å². The highest BCUT2D eigenvalue weighted by molar-refractivity contribution is 5.79. The zero-order chi connectivity index (χ0) is 23.3. The minimum atomic E-state index is -0.149. The van der Waals surface area contributed by atoms with Gasteiger partial charge in [-0.1, -0.05) is 18.2 Å². The van der Waals surface area contributed by atoms with Crippen LogP contribution in [-0.2, 0) is 36.3 Å². The highest BCUT2D eigenvalue weighted by atomic mass is 16.5. The van der Waals surface area contributed by atoms with Crippen LogP contribution in [0.3, 0.4) is 0 Å². The van der Waals surface area contributed by atoms with Gasteiger partial charge >= 0.3 is 0 Å². The highest BCUT2D eigenvalue weighted by Gasteiger charge is 2.29. The van der Waals surface area contributed by atoms with Gasteiger partial charge in [0, 0.05) is 69.8 Å². The Morgan fingerprint density at radius 2 is 1.91 bits per heavy atom. The summed E-state index contributed by atoms with van der Waals surface area (Å²) in [7, 11) is 1.88. The Morgan fingerprint density at radius 3 is 2.74 bits per heavy atom. The molecule has 0 unspecified atom stereocenters. The first kappa shape index (κ1) is 22.1. The summed E-state index contributed by atoms with van der Waals surface area (Å²) in [4.78, 5) is 30.4. The van der Waals surface area contributed by atoms with Gasteiger partial charge in [-0.05, 0) is 23.3 Å². The van der Waals surface area contributed by atoms with Gasteiger partial charge in [0.2, 0.25) is 5.91 Å². The van der Waals surface area contributed by atoms with Gasteiger partial charge in [0.05, 0.1) is 36.5 Å². The third-order valence-corrected chi connectivity index (χ3v) is 5.91. The third kappa shape index (κ3) is 5.27. The number of fused-ring (bicyclic) bond motifs is 1. The van der Waals surface area contributed by atoms with E-state index in [2.05, 4.69) is 25.0 Å². The quantitative estimate of drug-likeness (QED) is 0.420. The Kier molecular flexibility index (Phi) is 6.55. The number of hydrogen-bond donors (Lipinski definition) is 0. The lowest BCUT2D eigenvalue weighted by atomic mass is 10.1. The maximum absolute atomic E-state index is 13.3. The van der Waals surface area contributed by atoms with Crippen LogP contribution < -0.4 is 0 Å². The van der Waals surface area contributed by atoms with Crippen molar-refractivity contribution in [1.82, 2.24) is 34.5 Å². The molecular weight excluding hydrogens is 430 g/mol. The molecule has 3 aromatic heterocycles. The van der Waals surface area contributed by atoms with E-state index in [4.69, 9.17) is 4.74 Å². The molecule has 0 spiro atoms. The van der Waals surface area contributed by atoms with Crippen LogP contribution in [0, 0.1) is 0 Å². The lowest BCUT2D eigenvalue weighted by Gasteiger charge is -2.25. The molecule has 1 amide bonds. The van der Waals surface area contributed by atoms with Gasteiger partial charge in [0.1, 0.15) is 0 Å². The predicted molar refractivity (Wildman–Crippen MR) is 126 cm³/mol. The number of pyridine rings is 1. The second-order valence-corrected chi connectivity index (χ2v) is 8.60. The number of nitrogens with zero attached hydrogens (tertiary/aromatic N) is 7. The summed E-state index contributed by atoms with van der Waals surface area (Å²) in [5.74, 6) is 0.0719. The van der Waals surface area contributed by atoms with Gasteiger partial charge < -0.3 is 9.64 Å². The number of benzene rings is 1. The van der Waals surface area contributed by atoms with Crippen molar-refractivity contribution in [2.24, 2.45) is 7.05 Å². The van der Waals surface area contributed by atoms with E-state index >= 15 is 0 Å². The number of carbonyl (C=O) groups is 1. The number of ether oxygens (including phenoxy) is 1. The first-order valence-electron chi connectivity index (χ1n) is 11.3. The second-order valence-electron chi connectivity index (χ2n) is 8.60. The summed E-state index contributed by atoms with van der Waals surface area (Å²) in [6.45, 7) is 3.00. The Balaban J connectivity index is 1.36. The van der Waals surface area contributed by atoms with Gasteiger partial charge in [0.15, 0.2) is 0 Å². The molecule has 4 heterocycles. The molecule has 0 N–H and O–H groups in total. The number of aromatic nitrogens is 5. The zero-order valence-electron chi connectivity index (χ0n) is 19.1. The standard InChI is InChI=1S/C25H27N7O2/c1-30-12-20(11-29-30)13-32-16-22(34-18-19-4-3-7-26-10-19)15-31(17-24(32)33)14-21-5-2-6-23-25(21)28-9-8-27-23/h2-12,22H,13-18H2,1H3/t22-/m1/s1. The summed E-state index contributed by atoms with van der Waals surface area (Å²) < 4.78 is 8.05. The van der Waals surface area contributed by atoms with Gasteiger partial charge in [-0.25, -0.2) is 0 Å². The molecule has 1 aliphatic heterocycles. The molecule has 1 atom stereocenters. The van der Waals surface area contributed by atoms with E-state index in [9.17, 15) is 4.79 Å². The molecule has 0 aliphatic carbocycles.